The zero-order valence-electron chi connectivity index (χ0n) is 14.5. The number of aryl methyl sites for hydroxylation is 1. The molecule has 0 N–H and O–H groups in total. The van der Waals surface area contributed by atoms with E-state index in [0.717, 1.165) is 45.3 Å². The lowest BCUT2D eigenvalue weighted by atomic mass is 9.93. The van der Waals surface area contributed by atoms with E-state index in [2.05, 4.69) is 33.4 Å². The molecule has 0 bridgehead atoms. The third-order valence-corrected chi connectivity index (χ3v) is 4.74. The van der Waals surface area contributed by atoms with Gasteiger partial charge in [-0.05, 0) is 32.1 Å². The number of piperidine rings is 1. The average molecular weight is 327 g/mol. The highest BCUT2D eigenvalue weighted by Crippen LogP contribution is 2.22. The minimum Gasteiger partial charge on any atom is -0.337 e. The van der Waals surface area contributed by atoms with Crippen LogP contribution < -0.4 is 0 Å². The maximum atomic E-state index is 12.4. The summed E-state index contributed by atoms with van der Waals surface area (Å²) < 4.78 is 2.33. The first-order valence-electron chi connectivity index (χ1n) is 8.75. The monoisotopic (exact) mass is 327 g/mol. The highest BCUT2D eigenvalue weighted by atomic mass is 16.2. The Bertz CT molecular complexity index is 674. The Labute approximate surface area is 142 Å². The second-order valence-electron chi connectivity index (χ2n) is 6.50. The fourth-order valence-corrected chi connectivity index (χ4v) is 3.37. The summed E-state index contributed by atoms with van der Waals surface area (Å²) in [6.07, 6.45) is 10.8. The van der Waals surface area contributed by atoms with Crippen molar-refractivity contribution in [3.05, 3.63) is 42.0 Å². The lowest BCUT2D eigenvalue weighted by Gasteiger charge is -2.31. The molecule has 0 saturated carbocycles. The topological polar surface area (TPSA) is 63.9 Å². The number of carbonyl (C=O) groups is 1. The number of amides is 1. The zero-order valence-corrected chi connectivity index (χ0v) is 14.5. The summed E-state index contributed by atoms with van der Waals surface area (Å²) in [7, 11) is 0. The molecule has 3 rings (SSSR count). The number of hydrogen-bond acceptors (Lipinski definition) is 4. The lowest BCUT2D eigenvalue weighted by Crippen LogP contribution is -2.39. The minimum atomic E-state index is -0.00937. The Hall–Kier alpha value is -2.24. The molecule has 2 aromatic rings. The summed E-state index contributed by atoms with van der Waals surface area (Å²) in [6, 6.07) is 0. The van der Waals surface area contributed by atoms with Gasteiger partial charge < -0.3 is 9.47 Å². The van der Waals surface area contributed by atoms with Crippen molar-refractivity contribution in [3.8, 4) is 0 Å². The van der Waals surface area contributed by atoms with Gasteiger partial charge in [0.05, 0.1) is 6.20 Å². The van der Waals surface area contributed by atoms with E-state index in [1.165, 1.54) is 11.5 Å². The number of carbonyl (C=O) groups excluding carboxylic acids is 1. The summed E-state index contributed by atoms with van der Waals surface area (Å²) in [5, 5.41) is 0. The van der Waals surface area contributed by atoms with Crippen LogP contribution in [0.25, 0.3) is 0 Å². The third-order valence-electron chi connectivity index (χ3n) is 4.74. The molecule has 0 aliphatic carbocycles. The first-order chi connectivity index (χ1) is 11.7. The Morgan fingerprint density at radius 1 is 1.21 bits per heavy atom. The highest BCUT2D eigenvalue weighted by Gasteiger charge is 2.25. The predicted octanol–water partition coefficient (Wildman–Crippen LogP) is 2.49. The van der Waals surface area contributed by atoms with Crippen molar-refractivity contribution in [1.82, 2.24) is 24.4 Å². The van der Waals surface area contributed by atoms with Gasteiger partial charge in [0.2, 0.25) is 0 Å². The first-order valence-corrected chi connectivity index (χ1v) is 8.75. The Morgan fingerprint density at radius 3 is 2.67 bits per heavy atom. The molecule has 0 unspecified atom stereocenters. The summed E-state index contributed by atoms with van der Waals surface area (Å²) in [5.74, 6) is 1.77. The van der Waals surface area contributed by atoms with E-state index < -0.39 is 0 Å². The van der Waals surface area contributed by atoms with Gasteiger partial charge in [-0.1, -0.05) is 6.92 Å². The maximum absolute atomic E-state index is 12.4. The van der Waals surface area contributed by atoms with Crippen LogP contribution in [0.2, 0.25) is 0 Å². The molecule has 0 atom stereocenters. The molecule has 0 spiro atoms. The number of nitrogens with zero attached hydrogens (tertiary/aromatic N) is 5. The summed E-state index contributed by atoms with van der Waals surface area (Å²) in [4.78, 5) is 27.0. The van der Waals surface area contributed by atoms with E-state index >= 15 is 0 Å². The van der Waals surface area contributed by atoms with Crippen molar-refractivity contribution in [2.45, 2.75) is 46.1 Å². The SMILES string of the molecule is CCCn1c(C)cnc1CC1CCN(C(=O)c2cnccn2)CC1. The van der Waals surface area contributed by atoms with Crippen molar-refractivity contribution in [2.24, 2.45) is 5.92 Å². The van der Waals surface area contributed by atoms with Crippen molar-refractivity contribution in [2.75, 3.05) is 13.1 Å². The van der Waals surface area contributed by atoms with E-state index in [9.17, 15) is 4.79 Å². The van der Waals surface area contributed by atoms with Crippen molar-refractivity contribution >= 4 is 5.91 Å². The number of imidazole rings is 1. The van der Waals surface area contributed by atoms with E-state index in [1.807, 2.05) is 11.1 Å². The molecule has 1 fully saturated rings. The third kappa shape index (κ3) is 3.63. The van der Waals surface area contributed by atoms with Crippen LogP contribution >= 0.6 is 0 Å². The quantitative estimate of drug-likeness (QED) is 0.846. The van der Waals surface area contributed by atoms with Crippen molar-refractivity contribution in [1.29, 1.82) is 0 Å². The van der Waals surface area contributed by atoms with Gasteiger partial charge in [-0.3, -0.25) is 9.78 Å². The van der Waals surface area contributed by atoms with Gasteiger partial charge in [0, 0.05) is 50.3 Å². The van der Waals surface area contributed by atoms with Gasteiger partial charge in [-0.2, -0.15) is 0 Å². The average Bonchev–Trinajstić information content (AvgIpc) is 2.96. The fourth-order valence-electron chi connectivity index (χ4n) is 3.37. The molecule has 128 valence electrons. The summed E-state index contributed by atoms with van der Waals surface area (Å²) in [6.45, 7) is 6.92. The van der Waals surface area contributed by atoms with E-state index in [-0.39, 0.29) is 5.91 Å². The molecule has 2 aromatic heterocycles. The largest absolute Gasteiger partial charge is 0.337 e. The molecular formula is C18H25N5O. The maximum Gasteiger partial charge on any atom is 0.274 e. The molecule has 6 nitrogen and oxygen atoms in total. The molecule has 1 amide bonds. The van der Waals surface area contributed by atoms with Gasteiger partial charge in [0.25, 0.3) is 5.91 Å². The zero-order chi connectivity index (χ0) is 16.9. The van der Waals surface area contributed by atoms with E-state index in [0.29, 0.717) is 11.6 Å². The molecule has 0 aromatic carbocycles. The first kappa shape index (κ1) is 16.6. The molecule has 1 aliphatic rings. The molecule has 24 heavy (non-hydrogen) atoms. The van der Waals surface area contributed by atoms with Gasteiger partial charge in [-0.15, -0.1) is 0 Å². The van der Waals surface area contributed by atoms with Gasteiger partial charge in [-0.25, -0.2) is 9.97 Å². The normalized spacial score (nSPS) is 15.7. The Kier molecular flexibility index (Phi) is 5.23. The van der Waals surface area contributed by atoms with Crippen LogP contribution in [-0.4, -0.2) is 43.4 Å². The van der Waals surface area contributed by atoms with Crippen molar-refractivity contribution in [3.63, 3.8) is 0 Å². The Morgan fingerprint density at radius 2 is 2.00 bits per heavy atom. The number of likely N-dealkylation sites (tertiary alicyclic amines) is 1. The second-order valence-corrected chi connectivity index (χ2v) is 6.50. The molecule has 3 heterocycles. The van der Waals surface area contributed by atoms with Crippen LogP contribution in [0.4, 0.5) is 0 Å². The number of aromatic nitrogens is 4. The van der Waals surface area contributed by atoms with Gasteiger partial charge in [0.15, 0.2) is 0 Å². The van der Waals surface area contributed by atoms with Crippen molar-refractivity contribution < 1.29 is 4.79 Å². The lowest BCUT2D eigenvalue weighted by molar-refractivity contribution is 0.0683. The van der Waals surface area contributed by atoms with E-state index in [1.54, 1.807) is 18.6 Å². The molecule has 1 aliphatic heterocycles. The number of hydrogen-bond donors (Lipinski definition) is 0. The molecule has 0 radical (unpaired) electrons. The second kappa shape index (κ2) is 7.55. The van der Waals surface area contributed by atoms with Crippen LogP contribution in [0, 0.1) is 12.8 Å². The van der Waals surface area contributed by atoms with Crippen LogP contribution in [0.3, 0.4) is 0 Å². The van der Waals surface area contributed by atoms with Gasteiger partial charge in [0.1, 0.15) is 11.5 Å². The standard InChI is InChI=1S/C18H25N5O/c1-3-8-23-14(2)12-21-17(23)11-15-4-9-22(10-5-15)18(24)16-13-19-6-7-20-16/h6-7,12-13,15H,3-5,8-11H2,1-2H3. The van der Waals surface area contributed by atoms with Crippen LogP contribution in [0.1, 0.15) is 48.2 Å². The van der Waals surface area contributed by atoms with Crippen LogP contribution in [0.15, 0.2) is 24.8 Å². The van der Waals surface area contributed by atoms with Crippen LogP contribution in [-0.2, 0) is 13.0 Å². The Balaban J connectivity index is 1.57. The molecular weight excluding hydrogens is 302 g/mol. The summed E-state index contributed by atoms with van der Waals surface area (Å²) in [5.41, 5.74) is 1.67. The number of rotatable bonds is 5. The fraction of sp³-hybridized carbons (Fsp3) is 0.556. The molecule has 1 saturated heterocycles. The minimum absolute atomic E-state index is 0.00937. The highest BCUT2D eigenvalue weighted by molar-refractivity contribution is 5.91. The summed E-state index contributed by atoms with van der Waals surface area (Å²) >= 11 is 0. The molecule has 6 heteroatoms. The van der Waals surface area contributed by atoms with Gasteiger partial charge >= 0.3 is 0 Å². The predicted molar refractivity (Wildman–Crippen MR) is 91.6 cm³/mol. The smallest absolute Gasteiger partial charge is 0.274 e. The van der Waals surface area contributed by atoms with E-state index in [4.69, 9.17) is 0 Å². The van der Waals surface area contributed by atoms with Crippen LogP contribution in [0.5, 0.6) is 0 Å².